The van der Waals surface area contributed by atoms with Gasteiger partial charge in [0.15, 0.2) is 5.69 Å². The van der Waals surface area contributed by atoms with E-state index in [-0.39, 0.29) is 11.9 Å². The third-order valence-electron chi connectivity index (χ3n) is 3.80. The number of carbonyl (C=O) groups excluding carboxylic acids is 1. The molecule has 2 rings (SSSR count). The summed E-state index contributed by atoms with van der Waals surface area (Å²) in [6.45, 7) is 4.24. The van der Waals surface area contributed by atoms with Gasteiger partial charge in [0, 0.05) is 6.04 Å². The molecular formula is C13H22N4O. The number of nitrogen functional groups attached to an aromatic ring is 1. The number of nitrogens with one attached hydrogen (secondary N) is 2. The second-order valence-corrected chi connectivity index (χ2v) is 5.25. The number of amides is 1. The quantitative estimate of drug-likeness (QED) is 0.765. The fourth-order valence-electron chi connectivity index (χ4n) is 2.49. The molecule has 0 radical (unpaired) electrons. The molecule has 0 spiro atoms. The highest BCUT2D eigenvalue weighted by Gasteiger charge is 2.23. The van der Waals surface area contributed by atoms with Crippen molar-refractivity contribution in [1.82, 2.24) is 15.5 Å². The topological polar surface area (TPSA) is 83.8 Å². The molecule has 0 unspecified atom stereocenters. The SMILES string of the molecule is CCc1[nH]nc(C(=O)NC2CCC(C)CC2)c1N. The van der Waals surface area contributed by atoms with E-state index in [2.05, 4.69) is 22.4 Å². The summed E-state index contributed by atoms with van der Waals surface area (Å²) in [6.07, 6.45) is 5.23. The van der Waals surface area contributed by atoms with E-state index in [1.54, 1.807) is 0 Å². The number of nitrogens with zero attached hydrogens (tertiary/aromatic N) is 1. The van der Waals surface area contributed by atoms with Gasteiger partial charge in [-0.1, -0.05) is 13.8 Å². The molecule has 1 aromatic rings. The molecule has 0 bridgehead atoms. The van der Waals surface area contributed by atoms with Crippen molar-refractivity contribution in [2.75, 3.05) is 5.73 Å². The van der Waals surface area contributed by atoms with E-state index in [4.69, 9.17) is 5.73 Å². The summed E-state index contributed by atoms with van der Waals surface area (Å²) in [4.78, 5) is 12.1. The van der Waals surface area contributed by atoms with Crippen LogP contribution in [0.25, 0.3) is 0 Å². The zero-order valence-electron chi connectivity index (χ0n) is 11.1. The van der Waals surface area contributed by atoms with Gasteiger partial charge < -0.3 is 11.1 Å². The van der Waals surface area contributed by atoms with Crippen molar-refractivity contribution in [2.45, 2.75) is 52.0 Å². The standard InChI is InChI=1S/C13H22N4O/c1-3-10-11(14)12(17-16-10)13(18)15-9-6-4-8(2)5-7-9/h8-9H,3-7,14H2,1-2H3,(H,15,18)(H,16,17). The van der Waals surface area contributed by atoms with Gasteiger partial charge in [0.05, 0.1) is 11.4 Å². The molecule has 5 nitrogen and oxygen atoms in total. The number of hydrogen-bond donors (Lipinski definition) is 3. The van der Waals surface area contributed by atoms with Crippen LogP contribution in [-0.2, 0) is 6.42 Å². The number of aromatic nitrogens is 2. The molecule has 1 aromatic heterocycles. The maximum atomic E-state index is 12.1. The minimum atomic E-state index is -0.150. The smallest absolute Gasteiger partial charge is 0.274 e. The molecule has 1 aliphatic rings. The summed E-state index contributed by atoms with van der Waals surface area (Å²) < 4.78 is 0. The fraction of sp³-hybridized carbons (Fsp3) is 0.692. The molecule has 0 aromatic carbocycles. The van der Waals surface area contributed by atoms with E-state index in [0.717, 1.165) is 30.9 Å². The van der Waals surface area contributed by atoms with Crippen LogP contribution >= 0.6 is 0 Å². The van der Waals surface area contributed by atoms with Crippen LogP contribution in [0, 0.1) is 5.92 Å². The highest BCUT2D eigenvalue weighted by molar-refractivity contribution is 5.97. The summed E-state index contributed by atoms with van der Waals surface area (Å²) in [5, 5.41) is 9.85. The molecule has 18 heavy (non-hydrogen) atoms. The van der Waals surface area contributed by atoms with Crippen LogP contribution in [0.2, 0.25) is 0 Å². The summed E-state index contributed by atoms with van der Waals surface area (Å²) in [5.41, 5.74) is 7.54. The van der Waals surface area contributed by atoms with Crippen LogP contribution in [0.3, 0.4) is 0 Å². The first-order chi connectivity index (χ1) is 8.61. The molecule has 1 amide bonds. The number of hydrogen-bond acceptors (Lipinski definition) is 3. The van der Waals surface area contributed by atoms with Crippen LogP contribution in [0.1, 0.15) is 55.7 Å². The van der Waals surface area contributed by atoms with Crippen LogP contribution in [0.4, 0.5) is 5.69 Å². The van der Waals surface area contributed by atoms with E-state index in [1.807, 2.05) is 6.92 Å². The molecular weight excluding hydrogens is 228 g/mol. The molecule has 0 saturated heterocycles. The van der Waals surface area contributed by atoms with Crippen LogP contribution in [0.15, 0.2) is 0 Å². The minimum absolute atomic E-state index is 0.150. The van der Waals surface area contributed by atoms with Crippen molar-refractivity contribution >= 4 is 11.6 Å². The fourth-order valence-corrected chi connectivity index (χ4v) is 2.49. The van der Waals surface area contributed by atoms with Gasteiger partial charge in [0.1, 0.15) is 0 Å². The second-order valence-electron chi connectivity index (χ2n) is 5.25. The van der Waals surface area contributed by atoms with Crippen molar-refractivity contribution in [3.05, 3.63) is 11.4 Å². The van der Waals surface area contributed by atoms with Crippen molar-refractivity contribution in [1.29, 1.82) is 0 Å². The zero-order chi connectivity index (χ0) is 13.1. The molecule has 4 N–H and O–H groups in total. The molecule has 100 valence electrons. The van der Waals surface area contributed by atoms with Gasteiger partial charge in [0.2, 0.25) is 0 Å². The number of rotatable bonds is 3. The summed E-state index contributed by atoms with van der Waals surface area (Å²) in [5.74, 6) is 0.628. The molecule has 1 aliphatic carbocycles. The molecule has 0 atom stereocenters. The second kappa shape index (κ2) is 5.42. The lowest BCUT2D eigenvalue weighted by Gasteiger charge is -2.26. The molecule has 1 saturated carbocycles. The summed E-state index contributed by atoms with van der Waals surface area (Å²) in [6, 6.07) is 0.273. The minimum Gasteiger partial charge on any atom is -0.395 e. The van der Waals surface area contributed by atoms with Gasteiger partial charge >= 0.3 is 0 Å². The number of aromatic amines is 1. The van der Waals surface area contributed by atoms with E-state index < -0.39 is 0 Å². The number of anilines is 1. The normalized spacial score (nSPS) is 23.9. The molecule has 5 heteroatoms. The maximum absolute atomic E-state index is 12.1. The van der Waals surface area contributed by atoms with Gasteiger partial charge in [0.25, 0.3) is 5.91 Å². The lowest BCUT2D eigenvalue weighted by atomic mass is 9.87. The molecule has 1 fully saturated rings. The first-order valence-electron chi connectivity index (χ1n) is 6.75. The maximum Gasteiger partial charge on any atom is 0.274 e. The lowest BCUT2D eigenvalue weighted by molar-refractivity contribution is 0.0919. The monoisotopic (exact) mass is 250 g/mol. The number of H-pyrrole nitrogens is 1. The van der Waals surface area contributed by atoms with Crippen LogP contribution in [-0.4, -0.2) is 22.1 Å². The Labute approximate surface area is 108 Å². The van der Waals surface area contributed by atoms with E-state index >= 15 is 0 Å². The highest BCUT2D eigenvalue weighted by atomic mass is 16.2. The van der Waals surface area contributed by atoms with Gasteiger partial charge in [-0.05, 0) is 38.0 Å². The van der Waals surface area contributed by atoms with Crippen LogP contribution < -0.4 is 11.1 Å². The first kappa shape index (κ1) is 12.9. The van der Waals surface area contributed by atoms with Crippen molar-refractivity contribution in [2.24, 2.45) is 5.92 Å². The Morgan fingerprint density at radius 2 is 2.11 bits per heavy atom. The lowest BCUT2D eigenvalue weighted by Crippen LogP contribution is -2.37. The zero-order valence-corrected chi connectivity index (χ0v) is 11.1. The van der Waals surface area contributed by atoms with E-state index in [0.29, 0.717) is 11.4 Å². The Kier molecular flexibility index (Phi) is 3.89. The van der Waals surface area contributed by atoms with Gasteiger partial charge in [-0.2, -0.15) is 5.10 Å². The Morgan fingerprint density at radius 1 is 1.44 bits per heavy atom. The molecule has 0 aliphatic heterocycles. The summed E-state index contributed by atoms with van der Waals surface area (Å²) in [7, 11) is 0. The number of nitrogens with two attached hydrogens (primary N) is 1. The Hall–Kier alpha value is -1.52. The largest absolute Gasteiger partial charge is 0.395 e. The van der Waals surface area contributed by atoms with E-state index in [9.17, 15) is 4.79 Å². The van der Waals surface area contributed by atoms with Crippen molar-refractivity contribution in [3.63, 3.8) is 0 Å². The van der Waals surface area contributed by atoms with Crippen molar-refractivity contribution < 1.29 is 4.79 Å². The third kappa shape index (κ3) is 2.66. The van der Waals surface area contributed by atoms with Gasteiger partial charge in [-0.3, -0.25) is 9.89 Å². The molecule has 1 heterocycles. The van der Waals surface area contributed by atoms with E-state index in [1.165, 1.54) is 12.8 Å². The highest BCUT2D eigenvalue weighted by Crippen LogP contribution is 2.24. The predicted molar refractivity (Wildman–Crippen MR) is 71.3 cm³/mol. The Balaban J connectivity index is 1.97. The predicted octanol–water partition coefficient (Wildman–Crippen LogP) is 1.86. The first-order valence-corrected chi connectivity index (χ1v) is 6.75. The van der Waals surface area contributed by atoms with Gasteiger partial charge in [-0.25, -0.2) is 0 Å². The summed E-state index contributed by atoms with van der Waals surface area (Å²) >= 11 is 0. The Bertz CT molecular complexity index is 419. The Morgan fingerprint density at radius 3 is 2.67 bits per heavy atom. The van der Waals surface area contributed by atoms with Gasteiger partial charge in [-0.15, -0.1) is 0 Å². The number of carbonyl (C=O) groups is 1. The average Bonchev–Trinajstić information content (AvgIpc) is 2.73. The third-order valence-corrected chi connectivity index (χ3v) is 3.80. The van der Waals surface area contributed by atoms with Crippen LogP contribution in [0.5, 0.6) is 0 Å². The number of aryl methyl sites for hydroxylation is 1. The average molecular weight is 250 g/mol. The van der Waals surface area contributed by atoms with Crippen molar-refractivity contribution in [3.8, 4) is 0 Å².